The summed E-state index contributed by atoms with van der Waals surface area (Å²) in [7, 11) is 0. The molecule has 1 aliphatic heterocycles. The van der Waals surface area contributed by atoms with Crippen molar-refractivity contribution in [1.29, 1.82) is 0 Å². The summed E-state index contributed by atoms with van der Waals surface area (Å²) in [4.78, 5) is 0. The van der Waals surface area contributed by atoms with E-state index in [0.717, 1.165) is 37.7 Å². The Bertz CT molecular complexity index is 871. The van der Waals surface area contributed by atoms with Gasteiger partial charge in [0.15, 0.2) is 0 Å². The van der Waals surface area contributed by atoms with Gasteiger partial charge >= 0.3 is 0 Å². The van der Waals surface area contributed by atoms with Crippen LogP contribution < -0.4 is 4.74 Å². The third-order valence-electron chi connectivity index (χ3n) is 3.62. The molecule has 2 heterocycles. The molecule has 0 saturated carbocycles. The molecular formula is C17H13BrO2. The van der Waals surface area contributed by atoms with Crippen molar-refractivity contribution in [3.05, 3.63) is 46.4 Å². The van der Waals surface area contributed by atoms with Crippen molar-refractivity contribution in [2.45, 2.75) is 19.4 Å². The SMILES string of the molecule is CC1(C)C=Cc2c(ccc3oc4cc(Br)ccc4c23)O1. The summed E-state index contributed by atoms with van der Waals surface area (Å²) in [5, 5.41) is 2.24. The minimum atomic E-state index is -0.261. The Kier molecular flexibility index (Phi) is 2.34. The van der Waals surface area contributed by atoms with Crippen LogP contribution >= 0.6 is 15.9 Å². The number of hydrogen-bond acceptors (Lipinski definition) is 2. The van der Waals surface area contributed by atoms with E-state index in [1.54, 1.807) is 0 Å². The summed E-state index contributed by atoms with van der Waals surface area (Å²) >= 11 is 3.48. The van der Waals surface area contributed by atoms with E-state index >= 15 is 0 Å². The number of halogens is 1. The summed E-state index contributed by atoms with van der Waals surface area (Å²) in [6.45, 7) is 4.11. The minimum absolute atomic E-state index is 0.261. The van der Waals surface area contributed by atoms with E-state index in [2.05, 4.69) is 48.0 Å². The van der Waals surface area contributed by atoms with Gasteiger partial charge in [0.1, 0.15) is 22.5 Å². The number of ether oxygens (including phenoxy) is 1. The van der Waals surface area contributed by atoms with E-state index in [1.807, 2.05) is 24.3 Å². The predicted molar refractivity (Wildman–Crippen MR) is 85.2 cm³/mol. The standard InChI is InChI=1S/C17H13BrO2/c1-17(2)8-7-12-13(20-17)5-6-14-16(12)11-4-3-10(18)9-15(11)19-14/h3-9H,1-2H3. The summed E-state index contributed by atoms with van der Waals surface area (Å²) in [5.74, 6) is 0.913. The lowest BCUT2D eigenvalue weighted by atomic mass is 9.98. The highest BCUT2D eigenvalue weighted by molar-refractivity contribution is 9.10. The summed E-state index contributed by atoms with van der Waals surface area (Å²) in [6.07, 6.45) is 4.23. The van der Waals surface area contributed by atoms with E-state index in [-0.39, 0.29) is 5.60 Å². The molecule has 0 radical (unpaired) electrons. The lowest BCUT2D eigenvalue weighted by Gasteiger charge is -2.27. The monoisotopic (exact) mass is 328 g/mol. The first-order valence-electron chi connectivity index (χ1n) is 6.56. The highest BCUT2D eigenvalue weighted by Crippen LogP contribution is 2.40. The summed E-state index contributed by atoms with van der Waals surface area (Å²) in [5.41, 5.74) is 2.62. The van der Waals surface area contributed by atoms with Gasteiger partial charge in [0.2, 0.25) is 0 Å². The molecule has 0 atom stereocenters. The molecule has 0 N–H and O–H groups in total. The second kappa shape index (κ2) is 3.89. The van der Waals surface area contributed by atoms with Crippen molar-refractivity contribution in [2.75, 3.05) is 0 Å². The van der Waals surface area contributed by atoms with Crippen LogP contribution in [0.15, 0.2) is 45.3 Å². The van der Waals surface area contributed by atoms with Gasteiger partial charge in [-0.05, 0) is 50.3 Å². The first-order chi connectivity index (χ1) is 9.53. The van der Waals surface area contributed by atoms with Gasteiger partial charge < -0.3 is 9.15 Å². The normalized spacial score (nSPS) is 16.4. The van der Waals surface area contributed by atoms with E-state index in [0.29, 0.717) is 0 Å². The van der Waals surface area contributed by atoms with Gasteiger partial charge in [-0.25, -0.2) is 0 Å². The van der Waals surface area contributed by atoms with E-state index in [4.69, 9.17) is 9.15 Å². The third-order valence-corrected chi connectivity index (χ3v) is 4.12. The van der Waals surface area contributed by atoms with Crippen LogP contribution in [0.4, 0.5) is 0 Å². The zero-order valence-corrected chi connectivity index (χ0v) is 12.8. The van der Waals surface area contributed by atoms with Crippen LogP contribution in [-0.2, 0) is 0 Å². The molecule has 0 bridgehead atoms. The van der Waals surface area contributed by atoms with Crippen LogP contribution in [0.2, 0.25) is 0 Å². The molecule has 0 saturated heterocycles. The Balaban J connectivity index is 2.11. The Morgan fingerprint density at radius 3 is 2.75 bits per heavy atom. The molecule has 0 spiro atoms. The van der Waals surface area contributed by atoms with Crippen molar-refractivity contribution < 1.29 is 9.15 Å². The molecular weight excluding hydrogens is 316 g/mol. The number of benzene rings is 2. The maximum Gasteiger partial charge on any atom is 0.136 e. The van der Waals surface area contributed by atoms with Crippen molar-refractivity contribution in [1.82, 2.24) is 0 Å². The molecule has 2 nitrogen and oxygen atoms in total. The molecule has 3 aromatic rings. The predicted octanol–water partition coefficient (Wildman–Crippen LogP) is 5.53. The van der Waals surface area contributed by atoms with Crippen molar-refractivity contribution in [3.8, 4) is 5.75 Å². The van der Waals surface area contributed by atoms with Gasteiger partial charge in [-0.1, -0.05) is 22.0 Å². The lowest BCUT2D eigenvalue weighted by molar-refractivity contribution is 0.159. The first-order valence-corrected chi connectivity index (χ1v) is 7.36. The van der Waals surface area contributed by atoms with Crippen LogP contribution in [0.3, 0.4) is 0 Å². The fraction of sp³-hybridized carbons (Fsp3) is 0.176. The smallest absolute Gasteiger partial charge is 0.136 e. The van der Waals surface area contributed by atoms with Crippen LogP contribution in [0.5, 0.6) is 5.75 Å². The minimum Gasteiger partial charge on any atom is -0.483 e. The average molecular weight is 329 g/mol. The Morgan fingerprint density at radius 2 is 1.90 bits per heavy atom. The molecule has 3 heteroatoms. The highest BCUT2D eigenvalue weighted by atomic mass is 79.9. The zero-order valence-electron chi connectivity index (χ0n) is 11.2. The fourth-order valence-electron chi connectivity index (χ4n) is 2.70. The number of hydrogen-bond donors (Lipinski definition) is 0. The molecule has 2 aromatic carbocycles. The van der Waals surface area contributed by atoms with Crippen LogP contribution in [0, 0.1) is 0 Å². The summed E-state index contributed by atoms with van der Waals surface area (Å²) < 4.78 is 13.0. The first kappa shape index (κ1) is 12.0. The molecule has 0 amide bonds. The molecule has 0 fully saturated rings. The van der Waals surface area contributed by atoms with E-state index in [1.165, 1.54) is 0 Å². The molecule has 4 rings (SSSR count). The van der Waals surface area contributed by atoms with Gasteiger partial charge in [-0.15, -0.1) is 0 Å². The van der Waals surface area contributed by atoms with Crippen LogP contribution in [-0.4, -0.2) is 5.60 Å². The topological polar surface area (TPSA) is 22.4 Å². The van der Waals surface area contributed by atoms with Crippen LogP contribution in [0.25, 0.3) is 28.0 Å². The lowest BCUT2D eigenvalue weighted by Crippen LogP contribution is -2.27. The Hall–Kier alpha value is -1.74. The van der Waals surface area contributed by atoms with Gasteiger partial charge in [-0.2, -0.15) is 0 Å². The number of fused-ring (bicyclic) bond motifs is 5. The zero-order chi connectivity index (χ0) is 13.9. The quantitative estimate of drug-likeness (QED) is 0.541. The van der Waals surface area contributed by atoms with Crippen molar-refractivity contribution in [3.63, 3.8) is 0 Å². The van der Waals surface area contributed by atoms with Gasteiger partial charge in [-0.3, -0.25) is 0 Å². The second-order valence-electron chi connectivity index (χ2n) is 5.63. The molecule has 20 heavy (non-hydrogen) atoms. The van der Waals surface area contributed by atoms with Gasteiger partial charge in [0.25, 0.3) is 0 Å². The largest absolute Gasteiger partial charge is 0.483 e. The fourth-order valence-corrected chi connectivity index (χ4v) is 3.04. The number of furan rings is 1. The molecule has 100 valence electrons. The molecule has 0 aliphatic carbocycles. The van der Waals surface area contributed by atoms with Crippen molar-refractivity contribution >= 4 is 43.9 Å². The second-order valence-corrected chi connectivity index (χ2v) is 6.55. The maximum atomic E-state index is 6.03. The molecule has 1 aliphatic rings. The average Bonchev–Trinajstić information content (AvgIpc) is 2.74. The number of rotatable bonds is 0. The van der Waals surface area contributed by atoms with Gasteiger partial charge in [0, 0.05) is 20.8 Å². The van der Waals surface area contributed by atoms with Crippen molar-refractivity contribution in [2.24, 2.45) is 0 Å². The summed E-state index contributed by atoms with van der Waals surface area (Å²) in [6, 6.07) is 10.1. The van der Waals surface area contributed by atoms with E-state index in [9.17, 15) is 0 Å². The van der Waals surface area contributed by atoms with Crippen LogP contribution in [0.1, 0.15) is 19.4 Å². The third kappa shape index (κ3) is 1.70. The van der Waals surface area contributed by atoms with E-state index < -0.39 is 0 Å². The highest BCUT2D eigenvalue weighted by Gasteiger charge is 2.24. The maximum absolute atomic E-state index is 6.03. The van der Waals surface area contributed by atoms with Gasteiger partial charge in [0.05, 0.1) is 0 Å². The Morgan fingerprint density at radius 1 is 1.05 bits per heavy atom. The molecule has 1 aromatic heterocycles. The molecule has 0 unspecified atom stereocenters. The Labute approximate surface area is 125 Å².